The summed E-state index contributed by atoms with van der Waals surface area (Å²) in [6.07, 6.45) is 0. The Hall–Kier alpha value is -2.29. The molecule has 0 fully saturated rings. The molecule has 0 aliphatic rings. The lowest BCUT2D eigenvalue weighted by atomic mass is 10.1. The molecule has 0 atom stereocenters. The number of hydrogen-bond donors (Lipinski definition) is 1. The van der Waals surface area contributed by atoms with Crippen LogP contribution < -0.4 is 5.32 Å². The van der Waals surface area contributed by atoms with E-state index in [0.29, 0.717) is 12.2 Å². The van der Waals surface area contributed by atoms with Crippen LogP contribution >= 0.6 is 0 Å². The number of nitrogens with one attached hydrogen (secondary N) is 1. The van der Waals surface area contributed by atoms with Crippen LogP contribution in [0, 0.1) is 6.92 Å². The van der Waals surface area contributed by atoms with Crippen LogP contribution in [-0.4, -0.2) is 12.6 Å². The van der Waals surface area contributed by atoms with Crippen molar-refractivity contribution in [3.63, 3.8) is 0 Å². The second-order valence-electron chi connectivity index (χ2n) is 4.64. The van der Waals surface area contributed by atoms with Gasteiger partial charge in [0.25, 0.3) is 0 Å². The van der Waals surface area contributed by atoms with Crippen molar-refractivity contribution < 1.29 is 9.53 Å². The van der Waals surface area contributed by atoms with Crippen LogP contribution in [-0.2, 0) is 11.3 Å². The summed E-state index contributed by atoms with van der Waals surface area (Å²) >= 11 is 0. The van der Waals surface area contributed by atoms with E-state index in [0.717, 1.165) is 12.2 Å². The molecule has 0 bridgehead atoms. The van der Waals surface area contributed by atoms with Crippen molar-refractivity contribution in [2.75, 3.05) is 11.9 Å². The minimum absolute atomic E-state index is 0.285. The molecule has 0 saturated heterocycles. The van der Waals surface area contributed by atoms with Gasteiger partial charge in [0.2, 0.25) is 0 Å². The minimum Gasteiger partial charge on any atom is -0.462 e. The smallest absolute Gasteiger partial charge is 0.338 e. The van der Waals surface area contributed by atoms with Crippen LogP contribution in [0.3, 0.4) is 0 Å². The van der Waals surface area contributed by atoms with Gasteiger partial charge in [0.1, 0.15) is 0 Å². The lowest BCUT2D eigenvalue weighted by Crippen LogP contribution is -2.06. The molecule has 0 aliphatic carbocycles. The van der Waals surface area contributed by atoms with Gasteiger partial charge < -0.3 is 10.1 Å². The van der Waals surface area contributed by atoms with Gasteiger partial charge in [-0.1, -0.05) is 35.9 Å². The summed E-state index contributed by atoms with van der Waals surface area (Å²) in [5.74, 6) is -0.285. The minimum atomic E-state index is -0.285. The average molecular weight is 269 g/mol. The molecule has 0 radical (unpaired) electrons. The summed E-state index contributed by atoms with van der Waals surface area (Å²) < 4.78 is 4.99. The highest BCUT2D eigenvalue weighted by Gasteiger charge is 2.06. The van der Waals surface area contributed by atoms with Gasteiger partial charge in [-0.2, -0.15) is 0 Å². The van der Waals surface area contributed by atoms with E-state index < -0.39 is 0 Å². The van der Waals surface area contributed by atoms with E-state index >= 15 is 0 Å². The standard InChI is InChI=1S/C17H19NO2/c1-3-20-17(19)15-8-5-9-16(11-15)18-12-14-7-4-6-13(2)10-14/h4-11,18H,3,12H2,1-2H3. The van der Waals surface area contributed by atoms with Gasteiger partial charge in [0.05, 0.1) is 12.2 Å². The maximum atomic E-state index is 11.7. The van der Waals surface area contributed by atoms with Crippen molar-refractivity contribution >= 4 is 11.7 Å². The van der Waals surface area contributed by atoms with Crippen LogP contribution in [0.1, 0.15) is 28.4 Å². The number of esters is 1. The largest absolute Gasteiger partial charge is 0.462 e. The maximum Gasteiger partial charge on any atom is 0.338 e. The molecule has 3 heteroatoms. The van der Waals surface area contributed by atoms with Crippen molar-refractivity contribution in [2.45, 2.75) is 20.4 Å². The zero-order chi connectivity index (χ0) is 14.4. The third kappa shape index (κ3) is 3.85. The van der Waals surface area contributed by atoms with E-state index in [1.807, 2.05) is 24.3 Å². The molecule has 104 valence electrons. The highest BCUT2D eigenvalue weighted by molar-refractivity contribution is 5.90. The topological polar surface area (TPSA) is 38.3 Å². The summed E-state index contributed by atoms with van der Waals surface area (Å²) in [5.41, 5.74) is 3.94. The van der Waals surface area contributed by atoms with Crippen molar-refractivity contribution in [2.24, 2.45) is 0 Å². The Bertz CT molecular complexity index is 593. The molecule has 0 amide bonds. The van der Waals surface area contributed by atoms with Crippen LogP contribution in [0.4, 0.5) is 5.69 Å². The monoisotopic (exact) mass is 269 g/mol. The summed E-state index contributed by atoms with van der Waals surface area (Å²) in [4.78, 5) is 11.7. The third-order valence-electron chi connectivity index (χ3n) is 2.95. The summed E-state index contributed by atoms with van der Waals surface area (Å²) in [5, 5.41) is 3.32. The van der Waals surface area contributed by atoms with Crippen molar-refractivity contribution in [1.29, 1.82) is 0 Å². The lowest BCUT2D eigenvalue weighted by Gasteiger charge is -2.09. The van der Waals surface area contributed by atoms with Gasteiger partial charge >= 0.3 is 5.97 Å². The molecule has 0 aliphatic heterocycles. The average Bonchev–Trinajstić information content (AvgIpc) is 2.46. The fourth-order valence-corrected chi connectivity index (χ4v) is 2.00. The number of anilines is 1. The number of rotatable bonds is 5. The zero-order valence-electron chi connectivity index (χ0n) is 11.8. The predicted octanol–water partition coefficient (Wildman–Crippen LogP) is 3.78. The van der Waals surface area contributed by atoms with E-state index in [2.05, 4.69) is 30.4 Å². The van der Waals surface area contributed by atoms with Crippen LogP contribution in [0.15, 0.2) is 48.5 Å². The second-order valence-corrected chi connectivity index (χ2v) is 4.64. The van der Waals surface area contributed by atoms with E-state index in [4.69, 9.17) is 4.74 Å². The Kier molecular flexibility index (Phi) is 4.77. The van der Waals surface area contributed by atoms with Crippen molar-refractivity contribution in [3.05, 3.63) is 65.2 Å². The number of ether oxygens (including phenoxy) is 1. The number of benzene rings is 2. The van der Waals surface area contributed by atoms with Crippen LogP contribution in [0.5, 0.6) is 0 Å². The fourth-order valence-electron chi connectivity index (χ4n) is 2.00. The molecule has 2 rings (SSSR count). The Morgan fingerprint density at radius 3 is 2.70 bits per heavy atom. The number of aryl methyl sites for hydroxylation is 1. The van der Waals surface area contributed by atoms with E-state index in [1.54, 1.807) is 13.0 Å². The number of hydrogen-bond acceptors (Lipinski definition) is 3. The van der Waals surface area contributed by atoms with Crippen LogP contribution in [0.25, 0.3) is 0 Å². The molecule has 0 unspecified atom stereocenters. The third-order valence-corrected chi connectivity index (χ3v) is 2.95. The predicted molar refractivity (Wildman–Crippen MR) is 80.9 cm³/mol. The molecule has 0 aromatic heterocycles. The first kappa shape index (κ1) is 14.1. The van der Waals surface area contributed by atoms with Crippen LogP contribution in [0.2, 0.25) is 0 Å². The Morgan fingerprint density at radius 1 is 1.15 bits per heavy atom. The van der Waals surface area contributed by atoms with Gasteiger partial charge in [-0.05, 0) is 37.6 Å². The van der Waals surface area contributed by atoms with Gasteiger partial charge in [0.15, 0.2) is 0 Å². The SMILES string of the molecule is CCOC(=O)c1cccc(NCc2cccc(C)c2)c1. The maximum absolute atomic E-state index is 11.7. The second kappa shape index (κ2) is 6.75. The molecule has 0 spiro atoms. The summed E-state index contributed by atoms with van der Waals surface area (Å²) in [7, 11) is 0. The first-order chi connectivity index (χ1) is 9.69. The van der Waals surface area contributed by atoms with E-state index in [1.165, 1.54) is 11.1 Å². The molecule has 3 nitrogen and oxygen atoms in total. The molecule has 1 N–H and O–H groups in total. The van der Waals surface area contributed by atoms with Gasteiger partial charge in [-0.25, -0.2) is 4.79 Å². The summed E-state index contributed by atoms with van der Waals surface area (Å²) in [6.45, 7) is 5.00. The van der Waals surface area contributed by atoms with Gasteiger partial charge in [-0.15, -0.1) is 0 Å². The van der Waals surface area contributed by atoms with Crippen molar-refractivity contribution in [1.82, 2.24) is 0 Å². The Morgan fingerprint density at radius 2 is 1.95 bits per heavy atom. The highest BCUT2D eigenvalue weighted by atomic mass is 16.5. The first-order valence-corrected chi connectivity index (χ1v) is 6.75. The molecule has 2 aromatic carbocycles. The van der Waals surface area contributed by atoms with Gasteiger partial charge in [-0.3, -0.25) is 0 Å². The molecule has 0 saturated carbocycles. The molecular formula is C17H19NO2. The van der Waals surface area contributed by atoms with E-state index in [9.17, 15) is 4.79 Å². The molecule has 0 heterocycles. The Labute approximate surface area is 119 Å². The number of carbonyl (C=O) groups is 1. The van der Waals surface area contributed by atoms with Gasteiger partial charge in [0, 0.05) is 12.2 Å². The highest BCUT2D eigenvalue weighted by Crippen LogP contribution is 2.13. The number of carbonyl (C=O) groups excluding carboxylic acids is 1. The molecule has 2 aromatic rings. The van der Waals surface area contributed by atoms with E-state index in [-0.39, 0.29) is 5.97 Å². The molecular weight excluding hydrogens is 250 g/mol. The summed E-state index contributed by atoms with van der Waals surface area (Å²) in [6, 6.07) is 15.7. The normalized spacial score (nSPS) is 10.1. The molecule has 20 heavy (non-hydrogen) atoms. The Balaban J connectivity index is 2.03. The zero-order valence-corrected chi connectivity index (χ0v) is 11.8. The quantitative estimate of drug-likeness (QED) is 0.839. The van der Waals surface area contributed by atoms with Crippen molar-refractivity contribution in [3.8, 4) is 0 Å². The lowest BCUT2D eigenvalue weighted by molar-refractivity contribution is 0.0526. The fraction of sp³-hybridized carbons (Fsp3) is 0.235. The first-order valence-electron chi connectivity index (χ1n) is 6.75.